The Labute approximate surface area is 139 Å². The molecule has 0 aromatic heterocycles. The fourth-order valence-corrected chi connectivity index (χ4v) is 2.94. The van der Waals surface area contributed by atoms with Gasteiger partial charge in [0.05, 0.1) is 18.4 Å². The van der Waals surface area contributed by atoms with Crippen LogP contribution in [0.5, 0.6) is 5.75 Å². The molecule has 2 amide bonds. The molecule has 1 aromatic carbocycles. The Morgan fingerprint density at radius 3 is 3.04 bits per heavy atom. The molecular weight excluding hydrogens is 320 g/mol. The number of amides is 2. The predicted octanol–water partition coefficient (Wildman–Crippen LogP) is 1.70. The van der Waals surface area contributed by atoms with Crippen molar-refractivity contribution in [3.63, 3.8) is 0 Å². The third-order valence-corrected chi connectivity index (χ3v) is 4.34. The number of fused-ring (bicyclic) bond motifs is 1. The van der Waals surface area contributed by atoms with Crippen LogP contribution in [0.2, 0.25) is 5.02 Å². The van der Waals surface area contributed by atoms with Gasteiger partial charge in [-0.15, -0.1) is 0 Å². The van der Waals surface area contributed by atoms with Gasteiger partial charge in [0.15, 0.2) is 6.61 Å². The molecule has 0 unspecified atom stereocenters. The molecule has 1 atom stereocenters. The van der Waals surface area contributed by atoms with Gasteiger partial charge in [0.1, 0.15) is 12.3 Å². The van der Waals surface area contributed by atoms with Gasteiger partial charge in [-0.05, 0) is 24.6 Å². The van der Waals surface area contributed by atoms with Crippen LogP contribution in [0.4, 0.5) is 5.69 Å². The van der Waals surface area contributed by atoms with Crippen LogP contribution in [-0.2, 0) is 14.3 Å². The van der Waals surface area contributed by atoms with Crippen LogP contribution in [-0.4, -0.2) is 55.7 Å². The standard InChI is InChI=1S/C16H19ClN2O4/c1-2-12-8-18(5-6-22-12)15(20)9-19-13-7-11(17)3-4-14(13)23-10-16(19)21/h3-4,7,12H,2,5-6,8-10H2,1H3/t12-/m1/s1. The Morgan fingerprint density at radius 2 is 2.26 bits per heavy atom. The third kappa shape index (κ3) is 3.43. The molecule has 6 nitrogen and oxygen atoms in total. The molecule has 0 aliphatic carbocycles. The van der Waals surface area contributed by atoms with Gasteiger partial charge >= 0.3 is 0 Å². The molecule has 2 aliphatic heterocycles. The number of rotatable bonds is 3. The highest BCUT2D eigenvalue weighted by Gasteiger charge is 2.30. The highest BCUT2D eigenvalue weighted by atomic mass is 35.5. The lowest BCUT2D eigenvalue weighted by molar-refractivity contribution is -0.138. The molecule has 23 heavy (non-hydrogen) atoms. The molecule has 0 radical (unpaired) electrons. The molecule has 1 saturated heterocycles. The van der Waals surface area contributed by atoms with E-state index in [4.69, 9.17) is 21.1 Å². The number of anilines is 1. The van der Waals surface area contributed by atoms with Gasteiger partial charge in [-0.1, -0.05) is 18.5 Å². The summed E-state index contributed by atoms with van der Waals surface area (Å²) < 4.78 is 11.0. The van der Waals surface area contributed by atoms with Crippen molar-refractivity contribution in [2.75, 3.05) is 37.7 Å². The lowest BCUT2D eigenvalue weighted by Gasteiger charge is -2.35. The van der Waals surface area contributed by atoms with E-state index in [2.05, 4.69) is 0 Å². The molecule has 1 fully saturated rings. The predicted molar refractivity (Wildman–Crippen MR) is 85.9 cm³/mol. The zero-order valence-corrected chi connectivity index (χ0v) is 13.7. The summed E-state index contributed by atoms with van der Waals surface area (Å²) in [5.74, 6) is 0.233. The fourth-order valence-electron chi connectivity index (χ4n) is 2.78. The van der Waals surface area contributed by atoms with E-state index in [0.717, 1.165) is 6.42 Å². The summed E-state index contributed by atoms with van der Waals surface area (Å²) in [6.07, 6.45) is 0.924. The van der Waals surface area contributed by atoms with Gasteiger partial charge < -0.3 is 14.4 Å². The molecule has 3 rings (SSSR count). The van der Waals surface area contributed by atoms with Crippen LogP contribution >= 0.6 is 11.6 Å². The van der Waals surface area contributed by atoms with Crippen molar-refractivity contribution in [1.82, 2.24) is 4.90 Å². The number of carbonyl (C=O) groups excluding carboxylic acids is 2. The third-order valence-electron chi connectivity index (χ3n) is 4.10. The van der Waals surface area contributed by atoms with E-state index in [1.807, 2.05) is 6.92 Å². The smallest absolute Gasteiger partial charge is 0.265 e. The van der Waals surface area contributed by atoms with Gasteiger partial charge in [-0.3, -0.25) is 14.5 Å². The Morgan fingerprint density at radius 1 is 1.43 bits per heavy atom. The van der Waals surface area contributed by atoms with E-state index in [1.165, 1.54) is 4.90 Å². The maximum absolute atomic E-state index is 12.6. The average Bonchev–Trinajstić information content (AvgIpc) is 2.57. The summed E-state index contributed by atoms with van der Waals surface area (Å²) in [6.45, 7) is 3.60. The van der Waals surface area contributed by atoms with Gasteiger partial charge in [0.25, 0.3) is 5.91 Å². The quantitative estimate of drug-likeness (QED) is 0.841. The largest absolute Gasteiger partial charge is 0.482 e. The Kier molecular flexibility index (Phi) is 4.73. The number of benzene rings is 1. The number of halogens is 1. The van der Waals surface area contributed by atoms with Gasteiger partial charge in [-0.2, -0.15) is 0 Å². The lowest BCUT2D eigenvalue weighted by Crippen LogP contribution is -2.51. The first-order valence-electron chi connectivity index (χ1n) is 7.70. The molecule has 0 N–H and O–H groups in total. The highest BCUT2D eigenvalue weighted by molar-refractivity contribution is 6.31. The van der Waals surface area contributed by atoms with Gasteiger partial charge in [0, 0.05) is 18.1 Å². The minimum Gasteiger partial charge on any atom is -0.482 e. The number of nitrogens with zero attached hydrogens (tertiary/aromatic N) is 2. The first-order chi connectivity index (χ1) is 11.1. The average molecular weight is 339 g/mol. The molecule has 2 aliphatic rings. The summed E-state index contributed by atoms with van der Waals surface area (Å²) in [5.41, 5.74) is 0.544. The Hall–Kier alpha value is -1.79. The summed E-state index contributed by atoms with van der Waals surface area (Å²) in [7, 11) is 0. The maximum atomic E-state index is 12.6. The summed E-state index contributed by atoms with van der Waals surface area (Å²) >= 11 is 6.01. The van der Waals surface area contributed by atoms with Crippen molar-refractivity contribution in [3.05, 3.63) is 23.2 Å². The van der Waals surface area contributed by atoms with Crippen molar-refractivity contribution >= 4 is 29.1 Å². The molecule has 0 saturated carbocycles. The number of morpholine rings is 1. The van der Waals surface area contributed by atoms with Crippen molar-refractivity contribution in [2.45, 2.75) is 19.4 Å². The monoisotopic (exact) mass is 338 g/mol. The maximum Gasteiger partial charge on any atom is 0.265 e. The van der Waals surface area contributed by atoms with Gasteiger partial charge in [0.2, 0.25) is 5.91 Å². The van der Waals surface area contributed by atoms with Crippen LogP contribution in [0.3, 0.4) is 0 Å². The minimum atomic E-state index is -0.242. The molecule has 0 bridgehead atoms. The second-order valence-electron chi connectivity index (χ2n) is 5.62. The van der Waals surface area contributed by atoms with Crippen LogP contribution in [0, 0.1) is 0 Å². The van der Waals surface area contributed by atoms with E-state index >= 15 is 0 Å². The first kappa shape index (κ1) is 16.1. The van der Waals surface area contributed by atoms with Crippen molar-refractivity contribution in [2.24, 2.45) is 0 Å². The fraction of sp³-hybridized carbons (Fsp3) is 0.500. The summed E-state index contributed by atoms with van der Waals surface area (Å²) in [4.78, 5) is 27.9. The zero-order valence-electron chi connectivity index (χ0n) is 13.0. The topological polar surface area (TPSA) is 59.1 Å². The van der Waals surface area contributed by atoms with Crippen LogP contribution < -0.4 is 9.64 Å². The normalized spacial score (nSPS) is 21.0. The zero-order chi connectivity index (χ0) is 16.4. The molecule has 2 heterocycles. The van der Waals surface area contributed by atoms with Crippen LogP contribution in [0.25, 0.3) is 0 Å². The number of hydrogen-bond acceptors (Lipinski definition) is 4. The van der Waals surface area contributed by atoms with Gasteiger partial charge in [-0.25, -0.2) is 0 Å². The second kappa shape index (κ2) is 6.76. The molecule has 1 aromatic rings. The SMILES string of the molecule is CC[C@@H]1CN(C(=O)CN2C(=O)COc3ccc(Cl)cc32)CCO1. The first-order valence-corrected chi connectivity index (χ1v) is 8.08. The number of ether oxygens (including phenoxy) is 2. The molecular formula is C16H19ClN2O4. The van der Waals surface area contributed by atoms with E-state index < -0.39 is 0 Å². The number of carbonyl (C=O) groups is 2. The van der Waals surface area contributed by atoms with Crippen LogP contribution in [0.1, 0.15) is 13.3 Å². The number of hydrogen-bond donors (Lipinski definition) is 0. The van der Waals surface area contributed by atoms with Crippen LogP contribution in [0.15, 0.2) is 18.2 Å². The highest BCUT2D eigenvalue weighted by Crippen LogP contribution is 2.34. The summed E-state index contributed by atoms with van der Waals surface area (Å²) in [5, 5.41) is 0.497. The Balaban J connectivity index is 1.75. The Bertz CT molecular complexity index is 622. The van der Waals surface area contributed by atoms with Crippen molar-refractivity contribution < 1.29 is 19.1 Å². The van der Waals surface area contributed by atoms with E-state index in [9.17, 15) is 9.59 Å². The van der Waals surface area contributed by atoms with E-state index in [1.54, 1.807) is 23.1 Å². The minimum absolute atomic E-state index is 0.00797. The van der Waals surface area contributed by atoms with E-state index in [-0.39, 0.29) is 31.1 Å². The molecule has 7 heteroatoms. The second-order valence-corrected chi connectivity index (χ2v) is 6.06. The summed E-state index contributed by atoms with van der Waals surface area (Å²) in [6, 6.07) is 5.06. The molecule has 124 valence electrons. The van der Waals surface area contributed by atoms with Crippen molar-refractivity contribution in [3.8, 4) is 5.75 Å². The van der Waals surface area contributed by atoms with E-state index in [0.29, 0.717) is 36.2 Å². The lowest BCUT2D eigenvalue weighted by atomic mass is 10.2. The molecule has 0 spiro atoms. The van der Waals surface area contributed by atoms with Crippen molar-refractivity contribution in [1.29, 1.82) is 0 Å².